The molecular weight excluding hydrogens is 372 g/mol. The smallest absolute Gasteiger partial charge is 0.271 e. The first-order valence-corrected chi connectivity index (χ1v) is 9.04. The van der Waals surface area contributed by atoms with Gasteiger partial charge in [-0.3, -0.25) is 14.3 Å². The molecule has 0 bridgehead atoms. The monoisotopic (exact) mass is 394 g/mol. The van der Waals surface area contributed by atoms with E-state index < -0.39 is 5.91 Å². The van der Waals surface area contributed by atoms with Gasteiger partial charge in [0.2, 0.25) is 0 Å². The SMILES string of the molecule is CCn1cc(NC(=O)c2ccc(COc3ccc(OC)cc3)cc2)c(C(N)=O)n1. The summed E-state index contributed by atoms with van der Waals surface area (Å²) < 4.78 is 12.4. The van der Waals surface area contributed by atoms with Crippen molar-refractivity contribution in [3.05, 3.63) is 71.5 Å². The zero-order chi connectivity index (χ0) is 20.8. The molecule has 2 amide bonds. The number of hydrogen-bond donors (Lipinski definition) is 2. The summed E-state index contributed by atoms with van der Waals surface area (Å²) in [7, 11) is 1.61. The minimum atomic E-state index is -0.696. The molecule has 1 aromatic heterocycles. The quantitative estimate of drug-likeness (QED) is 0.611. The number of benzene rings is 2. The predicted molar refractivity (Wildman–Crippen MR) is 108 cm³/mol. The van der Waals surface area contributed by atoms with Crippen molar-refractivity contribution < 1.29 is 19.1 Å². The van der Waals surface area contributed by atoms with Crippen LogP contribution in [0.25, 0.3) is 0 Å². The van der Waals surface area contributed by atoms with Crippen molar-refractivity contribution in [3.63, 3.8) is 0 Å². The van der Waals surface area contributed by atoms with Crippen molar-refractivity contribution in [2.75, 3.05) is 12.4 Å². The Bertz CT molecular complexity index is 995. The number of nitrogens with zero attached hydrogens (tertiary/aromatic N) is 2. The van der Waals surface area contributed by atoms with Crippen molar-refractivity contribution >= 4 is 17.5 Å². The third kappa shape index (κ3) is 4.92. The fourth-order valence-corrected chi connectivity index (χ4v) is 2.64. The molecule has 0 spiro atoms. The second-order valence-corrected chi connectivity index (χ2v) is 6.23. The first-order chi connectivity index (χ1) is 14.0. The zero-order valence-electron chi connectivity index (χ0n) is 16.2. The maximum atomic E-state index is 12.5. The number of aromatic nitrogens is 2. The van der Waals surface area contributed by atoms with Gasteiger partial charge in [-0.2, -0.15) is 5.10 Å². The molecule has 0 unspecified atom stereocenters. The van der Waals surface area contributed by atoms with Crippen LogP contribution in [0.3, 0.4) is 0 Å². The van der Waals surface area contributed by atoms with Crippen LogP contribution in [0.2, 0.25) is 0 Å². The van der Waals surface area contributed by atoms with E-state index in [4.69, 9.17) is 15.2 Å². The predicted octanol–water partition coefficient (Wildman–Crippen LogP) is 2.84. The van der Waals surface area contributed by atoms with Crippen molar-refractivity contribution in [2.45, 2.75) is 20.1 Å². The molecule has 3 rings (SSSR count). The highest BCUT2D eigenvalue weighted by molar-refractivity contribution is 6.07. The van der Waals surface area contributed by atoms with Gasteiger partial charge in [-0.05, 0) is 48.9 Å². The van der Waals surface area contributed by atoms with Crippen LogP contribution in [-0.4, -0.2) is 28.7 Å². The van der Waals surface area contributed by atoms with Crippen LogP contribution in [-0.2, 0) is 13.2 Å². The van der Waals surface area contributed by atoms with E-state index in [0.29, 0.717) is 18.7 Å². The summed E-state index contributed by atoms with van der Waals surface area (Å²) in [5.41, 5.74) is 7.00. The van der Waals surface area contributed by atoms with Gasteiger partial charge in [-0.1, -0.05) is 12.1 Å². The Balaban J connectivity index is 1.62. The molecule has 8 nitrogen and oxygen atoms in total. The number of amides is 2. The van der Waals surface area contributed by atoms with E-state index in [1.54, 1.807) is 25.4 Å². The van der Waals surface area contributed by atoms with Crippen molar-refractivity contribution in [1.82, 2.24) is 9.78 Å². The molecule has 0 aliphatic carbocycles. The van der Waals surface area contributed by atoms with Crippen LogP contribution < -0.4 is 20.5 Å². The highest BCUT2D eigenvalue weighted by Crippen LogP contribution is 2.19. The van der Waals surface area contributed by atoms with E-state index >= 15 is 0 Å². The van der Waals surface area contributed by atoms with Crippen molar-refractivity contribution in [1.29, 1.82) is 0 Å². The molecule has 150 valence electrons. The molecule has 0 saturated heterocycles. The lowest BCUT2D eigenvalue weighted by atomic mass is 10.1. The summed E-state index contributed by atoms with van der Waals surface area (Å²) in [6, 6.07) is 14.3. The highest BCUT2D eigenvalue weighted by Gasteiger charge is 2.16. The lowest BCUT2D eigenvalue weighted by molar-refractivity contribution is 0.0995. The lowest BCUT2D eigenvalue weighted by Gasteiger charge is -2.08. The average molecular weight is 394 g/mol. The fraction of sp³-hybridized carbons (Fsp3) is 0.190. The maximum Gasteiger partial charge on any atom is 0.271 e. The Kier molecular flexibility index (Phi) is 6.13. The van der Waals surface area contributed by atoms with Crippen LogP contribution >= 0.6 is 0 Å². The van der Waals surface area contributed by atoms with Gasteiger partial charge in [0, 0.05) is 18.3 Å². The van der Waals surface area contributed by atoms with Crippen molar-refractivity contribution in [3.8, 4) is 11.5 Å². The molecule has 0 radical (unpaired) electrons. The first kappa shape index (κ1) is 19.9. The van der Waals surface area contributed by atoms with Crippen LogP contribution in [0.4, 0.5) is 5.69 Å². The summed E-state index contributed by atoms with van der Waals surface area (Å²) in [6.45, 7) is 2.79. The Morgan fingerprint density at radius 1 is 1.07 bits per heavy atom. The Labute approximate surface area is 168 Å². The number of carbonyl (C=O) groups excluding carboxylic acids is 2. The van der Waals surface area contributed by atoms with Gasteiger partial charge in [0.05, 0.1) is 12.8 Å². The molecule has 0 aliphatic heterocycles. The van der Waals surface area contributed by atoms with Crippen LogP contribution in [0.15, 0.2) is 54.7 Å². The third-order valence-corrected chi connectivity index (χ3v) is 4.25. The second kappa shape index (κ2) is 8.92. The summed E-state index contributed by atoms with van der Waals surface area (Å²) >= 11 is 0. The van der Waals surface area contributed by atoms with E-state index in [1.165, 1.54) is 4.68 Å². The van der Waals surface area contributed by atoms with Crippen LogP contribution in [0, 0.1) is 0 Å². The summed E-state index contributed by atoms with van der Waals surface area (Å²) in [6.07, 6.45) is 1.58. The highest BCUT2D eigenvalue weighted by atomic mass is 16.5. The second-order valence-electron chi connectivity index (χ2n) is 6.23. The third-order valence-electron chi connectivity index (χ3n) is 4.25. The van der Waals surface area contributed by atoms with Gasteiger partial charge >= 0.3 is 0 Å². The number of primary amides is 1. The number of methoxy groups -OCH3 is 1. The zero-order valence-corrected chi connectivity index (χ0v) is 16.2. The molecule has 0 aliphatic rings. The number of aryl methyl sites for hydroxylation is 1. The van der Waals surface area contributed by atoms with Gasteiger partial charge in [0.25, 0.3) is 11.8 Å². The Morgan fingerprint density at radius 3 is 2.31 bits per heavy atom. The van der Waals surface area contributed by atoms with Gasteiger partial charge in [-0.25, -0.2) is 0 Å². The number of anilines is 1. The Hall–Kier alpha value is -3.81. The summed E-state index contributed by atoms with van der Waals surface area (Å²) in [4.78, 5) is 24.0. The van der Waals surface area contributed by atoms with Gasteiger partial charge < -0.3 is 20.5 Å². The lowest BCUT2D eigenvalue weighted by Crippen LogP contribution is -2.18. The molecule has 1 heterocycles. The molecule has 0 saturated carbocycles. The molecule has 0 atom stereocenters. The molecule has 29 heavy (non-hydrogen) atoms. The number of nitrogens with two attached hydrogens (primary N) is 1. The molecule has 8 heteroatoms. The molecule has 3 aromatic rings. The van der Waals surface area contributed by atoms with Crippen LogP contribution in [0.5, 0.6) is 11.5 Å². The van der Waals surface area contributed by atoms with E-state index in [2.05, 4.69) is 10.4 Å². The number of ether oxygens (including phenoxy) is 2. The van der Waals surface area contributed by atoms with Crippen molar-refractivity contribution in [2.24, 2.45) is 5.73 Å². The molecule has 0 fully saturated rings. The van der Waals surface area contributed by atoms with Gasteiger partial charge in [0.15, 0.2) is 5.69 Å². The summed E-state index contributed by atoms with van der Waals surface area (Å²) in [5.74, 6) is 0.431. The van der Waals surface area contributed by atoms with Gasteiger partial charge in [0.1, 0.15) is 18.1 Å². The minimum Gasteiger partial charge on any atom is -0.497 e. The number of hydrogen-bond acceptors (Lipinski definition) is 5. The standard InChI is InChI=1S/C21H22N4O4/c1-3-25-12-18(19(24-25)20(22)26)23-21(27)15-6-4-14(5-7-15)13-29-17-10-8-16(28-2)9-11-17/h4-12H,3,13H2,1-2H3,(H2,22,26)(H,23,27). The largest absolute Gasteiger partial charge is 0.497 e. The average Bonchev–Trinajstić information content (AvgIpc) is 3.16. The van der Waals surface area contributed by atoms with E-state index in [9.17, 15) is 9.59 Å². The first-order valence-electron chi connectivity index (χ1n) is 9.04. The Morgan fingerprint density at radius 2 is 1.72 bits per heavy atom. The molecular formula is C21H22N4O4. The number of rotatable bonds is 8. The van der Waals surface area contributed by atoms with E-state index in [1.807, 2.05) is 43.3 Å². The normalized spacial score (nSPS) is 10.4. The van der Waals surface area contributed by atoms with E-state index in [0.717, 1.165) is 17.1 Å². The number of nitrogens with one attached hydrogen (secondary N) is 1. The van der Waals surface area contributed by atoms with E-state index in [-0.39, 0.29) is 17.3 Å². The molecule has 3 N–H and O–H groups in total. The van der Waals surface area contributed by atoms with Gasteiger partial charge in [-0.15, -0.1) is 0 Å². The number of carbonyl (C=O) groups is 2. The fourth-order valence-electron chi connectivity index (χ4n) is 2.64. The maximum absolute atomic E-state index is 12.5. The minimum absolute atomic E-state index is 0.0321. The molecule has 2 aromatic carbocycles. The van der Waals surface area contributed by atoms with Crippen LogP contribution in [0.1, 0.15) is 33.3 Å². The summed E-state index contributed by atoms with van der Waals surface area (Å²) in [5, 5.41) is 6.74. The topological polar surface area (TPSA) is 108 Å².